The molecular formula is C19H30FN3O2S. The van der Waals surface area contributed by atoms with E-state index >= 15 is 0 Å². The molecule has 1 saturated carbocycles. The van der Waals surface area contributed by atoms with Gasteiger partial charge in [-0.25, -0.2) is 4.39 Å². The van der Waals surface area contributed by atoms with E-state index in [1.807, 2.05) is 6.92 Å². The van der Waals surface area contributed by atoms with E-state index in [1.54, 1.807) is 26.3 Å². The highest BCUT2D eigenvalue weighted by atomic mass is 32.2. The average Bonchev–Trinajstić information content (AvgIpc) is 2.67. The third-order valence-electron chi connectivity index (χ3n) is 4.72. The summed E-state index contributed by atoms with van der Waals surface area (Å²) in [6.45, 7) is 2.78. The molecule has 0 aromatic heterocycles. The van der Waals surface area contributed by atoms with Crippen LogP contribution >= 0.6 is 0 Å². The van der Waals surface area contributed by atoms with E-state index in [4.69, 9.17) is 4.74 Å². The lowest BCUT2D eigenvalue weighted by Crippen LogP contribution is -2.46. The van der Waals surface area contributed by atoms with Gasteiger partial charge in [0.15, 0.2) is 5.96 Å². The van der Waals surface area contributed by atoms with Gasteiger partial charge in [0, 0.05) is 54.1 Å². The van der Waals surface area contributed by atoms with Crippen molar-refractivity contribution in [2.75, 3.05) is 19.9 Å². The molecule has 0 saturated heterocycles. The summed E-state index contributed by atoms with van der Waals surface area (Å²) in [5.41, 5.74) is 1.52. The van der Waals surface area contributed by atoms with Crippen LogP contribution in [0, 0.1) is 5.82 Å². The maximum Gasteiger partial charge on any atom is 0.191 e. The second-order valence-corrected chi connectivity index (χ2v) is 8.59. The fourth-order valence-corrected chi connectivity index (χ4v) is 4.68. The highest BCUT2D eigenvalue weighted by Crippen LogP contribution is 2.23. The lowest BCUT2D eigenvalue weighted by atomic mass is 9.95. The predicted octanol–water partition coefficient (Wildman–Crippen LogP) is 2.72. The molecule has 26 heavy (non-hydrogen) atoms. The maximum absolute atomic E-state index is 13.7. The zero-order valence-corrected chi connectivity index (χ0v) is 16.7. The van der Waals surface area contributed by atoms with Crippen molar-refractivity contribution in [2.45, 2.75) is 57.1 Å². The molecule has 0 radical (unpaired) electrons. The van der Waals surface area contributed by atoms with Crippen LogP contribution in [0.25, 0.3) is 0 Å². The van der Waals surface area contributed by atoms with Gasteiger partial charge in [-0.2, -0.15) is 0 Å². The van der Waals surface area contributed by atoms with Crippen LogP contribution in [0.3, 0.4) is 0 Å². The van der Waals surface area contributed by atoms with Crippen LogP contribution in [0.15, 0.2) is 23.2 Å². The molecule has 0 spiro atoms. The van der Waals surface area contributed by atoms with Gasteiger partial charge in [0.25, 0.3) is 0 Å². The first-order chi connectivity index (χ1) is 12.6. The molecule has 146 valence electrons. The lowest BCUT2D eigenvalue weighted by molar-refractivity contribution is 0.181. The first-order valence-corrected chi connectivity index (χ1v) is 10.6. The molecule has 2 rings (SSSR count). The number of benzene rings is 1. The summed E-state index contributed by atoms with van der Waals surface area (Å²) in [6, 6.07) is 5.32. The molecule has 3 atom stereocenters. The zero-order chi connectivity index (χ0) is 18.9. The van der Waals surface area contributed by atoms with E-state index in [2.05, 4.69) is 15.6 Å². The van der Waals surface area contributed by atoms with Crippen LogP contribution < -0.4 is 10.6 Å². The van der Waals surface area contributed by atoms with Gasteiger partial charge in [0.1, 0.15) is 5.82 Å². The number of halogens is 1. The average molecular weight is 384 g/mol. The van der Waals surface area contributed by atoms with Gasteiger partial charge in [-0.1, -0.05) is 19.4 Å². The number of nitrogens with zero attached hydrogens (tertiary/aromatic N) is 1. The van der Waals surface area contributed by atoms with Crippen molar-refractivity contribution < 1.29 is 13.3 Å². The zero-order valence-electron chi connectivity index (χ0n) is 15.9. The Morgan fingerprint density at radius 1 is 1.42 bits per heavy atom. The SMILES string of the molecule is CCS(=O)C1CCCC(NC(=NC)NCc2ccc(F)c(COC)c2)C1. The number of methoxy groups -OCH3 is 1. The van der Waals surface area contributed by atoms with Crippen molar-refractivity contribution in [1.29, 1.82) is 0 Å². The van der Waals surface area contributed by atoms with Gasteiger partial charge < -0.3 is 15.4 Å². The Labute approximate surface area is 158 Å². The van der Waals surface area contributed by atoms with Crippen molar-refractivity contribution in [3.63, 3.8) is 0 Å². The molecule has 1 aliphatic rings. The lowest BCUT2D eigenvalue weighted by Gasteiger charge is -2.30. The third-order valence-corrected chi connectivity index (χ3v) is 6.46. The summed E-state index contributed by atoms with van der Waals surface area (Å²) in [5, 5.41) is 7.00. The summed E-state index contributed by atoms with van der Waals surface area (Å²) in [6.07, 6.45) is 4.11. The van der Waals surface area contributed by atoms with Gasteiger partial charge >= 0.3 is 0 Å². The minimum atomic E-state index is -0.739. The van der Waals surface area contributed by atoms with Crippen molar-refractivity contribution in [3.8, 4) is 0 Å². The molecule has 5 nitrogen and oxygen atoms in total. The molecule has 1 aromatic rings. The Kier molecular flexibility index (Phi) is 8.51. The molecule has 2 N–H and O–H groups in total. The highest BCUT2D eigenvalue weighted by molar-refractivity contribution is 7.85. The van der Waals surface area contributed by atoms with Gasteiger partial charge in [0.2, 0.25) is 0 Å². The molecule has 0 aliphatic heterocycles. The van der Waals surface area contributed by atoms with Crippen molar-refractivity contribution in [3.05, 3.63) is 35.1 Å². The Morgan fingerprint density at radius 3 is 2.92 bits per heavy atom. The van der Waals surface area contributed by atoms with Crippen LogP contribution in [0.2, 0.25) is 0 Å². The fraction of sp³-hybridized carbons (Fsp3) is 0.632. The van der Waals surface area contributed by atoms with Crippen molar-refractivity contribution in [2.24, 2.45) is 4.99 Å². The van der Waals surface area contributed by atoms with E-state index in [0.717, 1.165) is 43.0 Å². The molecule has 0 amide bonds. The maximum atomic E-state index is 13.7. The summed E-state index contributed by atoms with van der Waals surface area (Å²) < 4.78 is 30.8. The number of nitrogens with one attached hydrogen (secondary N) is 2. The third kappa shape index (κ3) is 6.06. The molecule has 0 bridgehead atoms. The highest BCUT2D eigenvalue weighted by Gasteiger charge is 2.26. The topological polar surface area (TPSA) is 62.7 Å². The molecule has 1 aliphatic carbocycles. The number of hydrogen-bond acceptors (Lipinski definition) is 3. The summed E-state index contributed by atoms with van der Waals surface area (Å²) in [4.78, 5) is 4.28. The molecule has 0 heterocycles. The quantitative estimate of drug-likeness (QED) is 0.561. The summed E-state index contributed by atoms with van der Waals surface area (Å²) >= 11 is 0. The smallest absolute Gasteiger partial charge is 0.191 e. The van der Waals surface area contributed by atoms with E-state index in [-0.39, 0.29) is 23.7 Å². The monoisotopic (exact) mass is 383 g/mol. The Balaban J connectivity index is 1.90. The number of hydrogen-bond donors (Lipinski definition) is 2. The van der Waals surface area contributed by atoms with Gasteiger partial charge in [0.05, 0.1) is 6.61 Å². The van der Waals surface area contributed by atoms with Gasteiger partial charge in [-0.3, -0.25) is 9.20 Å². The second kappa shape index (κ2) is 10.6. The Bertz CT molecular complexity index is 639. The number of guanidine groups is 1. The predicted molar refractivity (Wildman–Crippen MR) is 105 cm³/mol. The van der Waals surface area contributed by atoms with Crippen LogP contribution in [0.5, 0.6) is 0 Å². The van der Waals surface area contributed by atoms with Crippen LogP contribution in [-0.4, -0.2) is 41.4 Å². The largest absolute Gasteiger partial charge is 0.380 e. The van der Waals surface area contributed by atoms with Crippen molar-refractivity contribution in [1.82, 2.24) is 10.6 Å². The minimum Gasteiger partial charge on any atom is -0.380 e. The first-order valence-electron chi connectivity index (χ1n) is 9.18. The second-order valence-electron chi connectivity index (χ2n) is 6.58. The molecule has 7 heteroatoms. The molecular weight excluding hydrogens is 353 g/mol. The normalized spacial score (nSPS) is 22.1. The first kappa shape index (κ1) is 20.8. The van der Waals surface area contributed by atoms with Crippen molar-refractivity contribution >= 4 is 16.8 Å². The summed E-state index contributed by atoms with van der Waals surface area (Å²) in [7, 11) is 2.55. The van der Waals surface area contributed by atoms with E-state index < -0.39 is 10.8 Å². The van der Waals surface area contributed by atoms with E-state index in [1.165, 1.54) is 6.07 Å². The minimum absolute atomic E-state index is 0.254. The number of aliphatic imine (C=N–C) groups is 1. The van der Waals surface area contributed by atoms with E-state index in [9.17, 15) is 8.60 Å². The van der Waals surface area contributed by atoms with Crippen LogP contribution in [-0.2, 0) is 28.7 Å². The molecule has 1 aromatic carbocycles. The molecule has 3 unspecified atom stereocenters. The standard InChI is InChI=1S/C19H30FN3O2S/c1-4-26(24)17-7-5-6-16(11-17)23-19(21-2)22-12-14-8-9-18(20)15(10-14)13-25-3/h8-10,16-17H,4-7,11-13H2,1-3H3,(H2,21,22,23). The van der Waals surface area contributed by atoms with Gasteiger partial charge in [-0.05, 0) is 37.0 Å². The van der Waals surface area contributed by atoms with E-state index in [0.29, 0.717) is 12.1 Å². The summed E-state index contributed by atoms with van der Waals surface area (Å²) in [5.74, 6) is 1.18. The Morgan fingerprint density at radius 2 is 2.23 bits per heavy atom. The number of rotatable bonds is 7. The molecule has 1 fully saturated rings. The fourth-order valence-electron chi connectivity index (χ4n) is 3.33. The van der Waals surface area contributed by atoms with Gasteiger partial charge in [-0.15, -0.1) is 0 Å². The van der Waals surface area contributed by atoms with Crippen LogP contribution in [0.4, 0.5) is 4.39 Å². The van der Waals surface area contributed by atoms with Crippen LogP contribution in [0.1, 0.15) is 43.7 Å². The number of ether oxygens (including phenoxy) is 1. The Hall–Kier alpha value is -1.47.